The first kappa shape index (κ1) is 23.0. The van der Waals surface area contributed by atoms with Crippen LogP contribution in [0.1, 0.15) is 53.0 Å². The molecule has 0 spiro atoms. The molecule has 174 valence electrons. The van der Waals surface area contributed by atoms with Crippen molar-refractivity contribution in [3.63, 3.8) is 0 Å². The van der Waals surface area contributed by atoms with Gasteiger partial charge in [0.1, 0.15) is 11.4 Å². The standard InChI is InChI=1S/C23H32BFN2O5/c1-21(2)14-11-16(21)23(5)17(12-14)31-24(32-23)18(10-13-8-6-7-9-15(13)25)26-19(28)22(3,4)27-20(29)30/h6-9,14,16-18,27H,10-12H2,1-5H3,(H,26,28)(H,29,30)/t14?,16?,17?,18-,23?/m0/s1. The van der Waals surface area contributed by atoms with Gasteiger partial charge in [-0.3, -0.25) is 4.79 Å². The van der Waals surface area contributed by atoms with Crippen LogP contribution in [0.2, 0.25) is 0 Å². The molecule has 1 aromatic carbocycles. The fraction of sp³-hybridized carbons (Fsp3) is 0.652. The largest absolute Gasteiger partial charge is 0.482 e. The molecule has 1 aromatic rings. The van der Waals surface area contributed by atoms with E-state index in [0.717, 1.165) is 12.8 Å². The molecule has 4 unspecified atom stereocenters. The molecule has 3 saturated carbocycles. The van der Waals surface area contributed by atoms with E-state index in [1.165, 1.54) is 19.9 Å². The SMILES string of the molecule is CC(C)(NC(=O)O)C(=O)N[C@@H](Cc1ccccc1F)B1OC2CC3CC(C3(C)C)C2(C)O1. The Morgan fingerprint density at radius 3 is 2.59 bits per heavy atom. The molecule has 0 aromatic heterocycles. The van der Waals surface area contributed by atoms with Crippen molar-refractivity contribution in [2.24, 2.45) is 17.3 Å². The van der Waals surface area contributed by atoms with Gasteiger partial charge < -0.3 is 25.0 Å². The number of nitrogens with one attached hydrogen (secondary N) is 2. The Hall–Kier alpha value is -2.13. The van der Waals surface area contributed by atoms with Gasteiger partial charge in [0, 0.05) is 0 Å². The fourth-order valence-electron chi connectivity index (χ4n) is 5.86. The monoisotopic (exact) mass is 446 g/mol. The molecule has 2 amide bonds. The predicted molar refractivity (Wildman–Crippen MR) is 117 cm³/mol. The van der Waals surface area contributed by atoms with Crippen LogP contribution < -0.4 is 10.6 Å². The van der Waals surface area contributed by atoms with E-state index in [9.17, 15) is 14.0 Å². The van der Waals surface area contributed by atoms with Crippen LogP contribution in [0.25, 0.3) is 0 Å². The van der Waals surface area contributed by atoms with Gasteiger partial charge >= 0.3 is 13.2 Å². The molecular weight excluding hydrogens is 414 g/mol. The van der Waals surface area contributed by atoms with E-state index in [1.807, 2.05) is 0 Å². The van der Waals surface area contributed by atoms with Gasteiger partial charge in [0.2, 0.25) is 5.91 Å². The van der Waals surface area contributed by atoms with E-state index in [-0.39, 0.29) is 23.8 Å². The van der Waals surface area contributed by atoms with Crippen LogP contribution in [0, 0.1) is 23.1 Å². The van der Waals surface area contributed by atoms with Crippen molar-refractivity contribution in [3.8, 4) is 0 Å². The molecule has 2 bridgehead atoms. The van der Waals surface area contributed by atoms with Gasteiger partial charge in [0.05, 0.1) is 17.6 Å². The van der Waals surface area contributed by atoms with Crippen LogP contribution in [0.15, 0.2) is 24.3 Å². The van der Waals surface area contributed by atoms with Crippen LogP contribution in [0.4, 0.5) is 9.18 Å². The molecule has 5 atom stereocenters. The van der Waals surface area contributed by atoms with Gasteiger partial charge in [-0.2, -0.15) is 0 Å². The van der Waals surface area contributed by atoms with E-state index in [2.05, 4.69) is 31.4 Å². The Bertz CT molecular complexity index is 925. The highest BCUT2D eigenvalue weighted by atomic mass is 19.1. The highest BCUT2D eigenvalue weighted by molar-refractivity contribution is 6.48. The first-order valence-corrected chi connectivity index (χ1v) is 11.2. The van der Waals surface area contributed by atoms with Crippen LogP contribution in [0.3, 0.4) is 0 Å². The second-order valence-electron chi connectivity index (χ2n) is 10.8. The van der Waals surface area contributed by atoms with Gasteiger partial charge in [-0.1, -0.05) is 32.0 Å². The molecule has 1 heterocycles. The van der Waals surface area contributed by atoms with Gasteiger partial charge in [0.15, 0.2) is 0 Å². The summed E-state index contributed by atoms with van der Waals surface area (Å²) in [7, 11) is -0.760. The van der Waals surface area contributed by atoms with E-state index in [4.69, 9.17) is 14.4 Å². The van der Waals surface area contributed by atoms with Crippen LogP contribution >= 0.6 is 0 Å². The zero-order valence-electron chi connectivity index (χ0n) is 19.3. The lowest BCUT2D eigenvalue weighted by molar-refractivity contribution is -0.199. The number of halogens is 1. The molecule has 4 aliphatic rings. The minimum atomic E-state index is -1.38. The number of hydrogen-bond acceptors (Lipinski definition) is 4. The maximum absolute atomic E-state index is 14.4. The third kappa shape index (κ3) is 3.79. The van der Waals surface area contributed by atoms with E-state index >= 15 is 0 Å². The zero-order valence-corrected chi connectivity index (χ0v) is 19.3. The van der Waals surface area contributed by atoms with Crippen molar-refractivity contribution in [2.45, 2.75) is 77.1 Å². The second-order valence-corrected chi connectivity index (χ2v) is 10.8. The number of hydrogen-bond donors (Lipinski definition) is 3. The van der Waals surface area contributed by atoms with Gasteiger partial charge in [-0.25, -0.2) is 9.18 Å². The Kier molecular flexibility index (Phi) is 5.57. The Balaban J connectivity index is 1.58. The minimum Gasteiger partial charge on any atom is -0.465 e. The molecule has 5 rings (SSSR count). The quantitative estimate of drug-likeness (QED) is 0.584. The lowest BCUT2D eigenvalue weighted by Gasteiger charge is -2.64. The summed E-state index contributed by atoms with van der Waals surface area (Å²) < 4.78 is 27.3. The fourth-order valence-corrected chi connectivity index (χ4v) is 5.86. The molecule has 32 heavy (non-hydrogen) atoms. The van der Waals surface area contributed by atoms with Crippen molar-refractivity contribution in [1.29, 1.82) is 0 Å². The summed E-state index contributed by atoms with van der Waals surface area (Å²) in [5.41, 5.74) is -1.26. The first-order chi connectivity index (χ1) is 14.8. The topological polar surface area (TPSA) is 96.9 Å². The van der Waals surface area contributed by atoms with Gasteiger partial charge in [0.25, 0.3) is 0 Å². The molecule has 3 aliphatic carbocycles. The molecular formula is C23H32BFN2O5. The average molecular weight is 446 g/mol. The molecule has 9 heteroatoms. The molecule has 3 N–H and O–H groups in total. The molecule has 1 saturated heterocycles. The second kappa shape index (κ2) is 7.73. The van der Waals surface area contributed by atoms with E-state index in [0.29, 0.717) is 17.4 Å². The Morgan fingerprint density at radius 1 is 1.28 bits per heavy atom. The highest BCUT2D eigenvalue weighted by Gasteiger charge is 2.68. The summed E-state index contributed by atoms with van der Waals surface area (Å²) in [5, 5.41) is 14.2. The Labute approximate surface area is 188 Å². The maximum atomic E-state index is 14.4. The van der Waals surface area contributed by atoms with Crippen molar-refractivity contribution in [2.75, 3.05) is 0 Å². The Morgan fingerprint density at radius 2 is 1.97 bits per heavy atom. The van der Waals surface area contributed by atoms with Crippen molar-refractivity contribution in [3.05, 3.63) is 35.6 Å². The van der Waals surface area contributed by atoms with E-state index in [1.54, 1.807) is 18.2 Å². The number of amides is 2. The minimum absolute atomic E-state index is 0.0885. The van der Waals surface area contributed by atoms with E-state index < -0.39 is 36.2 Å². The van der Waals surface area contributed by atoms with Crippen molar-refractivity contribution >= 4 is 19.1 Å². The number of benzene rings is 1. The van der Waals surface area contributed by atoms with Crippen LogP contribution in [-0.4, -0.2) is 47.4 Å². The summed E-state index contributed by atoms with van der Waals surface area (Å²) in [6, 6.07) is 6.39. The summed E-state index contributed by atoms with van der Waals surface area (Å²) in [5.74, 6) is -0.667. The zero-order chi connectivity index (χ0) is 23.5. The predicted octanol–water partition coefficient (Wildman–Crippen LogP) is 3.17. The average Bonchev–Trinajstić information content (AvgIpc) is 3.04. The lowest BCUT2D eigenvalue weighted by Crippen LogP contribution is -2.65. The number of carbonyl (C=O) groups excluding carboxylic acids is 1. The normalized spacial score (nSPS) is 31.3. The van der Waals surface area contributed by atoms with Crippen molar-refractivity contribution < 1.29 is 28.4 Å². The first-order valence-electron chi connectivity index (χ1n) is 11.2. The third-order valence-corrected chi connectivity index (χ3v) is 8.00. The smallest absolute Gasteiger partial charge is 0.465 e. The highest BCUT2D eigenvalue weighted by Crippen LogP contribution is 2.65. The molecule has 7 nitrogen and oxygen atoms in total. The molecule has 4 fully saturated rings. The number of rotatable bonds is 6. The maximum Gasteiger partial charge on any atom is 0.482 e. The summed E-state index contributed by atoms with van der Waals surface area (Å²) >= 11 is 0. The molecule has 0 radical (unpaired) electrons. The molecule has 1 aliphatic heterocycles. The summed E-state index contributed by atoms with van der Waals surface area (Å²) in [4.78, 5) is 24.1. The van der Waals surface area contributed by atoms with Crippen LogP contribution in [-0.2, 0) is 20.5 Å². The third-order valence-electron chi connectivity index (χ3n) is 8.00. The number of carboxylic acid groups (broad SMARTS) is 1. The number of carbonyl (C=O) groups is 2. The van der Waals surface area contributed by atoms with Gasteiger partial charge in [-0.15, -0.1) is 0 Å². The van der Waals surface area contributed by atoms with Crippen molar-refractivity contribution in [1.82, 2.24) is 10.6 Å². The van der Waals surface area contributed by atoms with Crippen LogP contribution in [0.5, 0.6) is 0 Å². The lowest BCUT2D eigenvalue weighted by atomic mass is 9.43. The summed E-state index contributed by atoms with van der Waals surface area (Å²) in [6.07, 6.45) is 0.755. The van der Waals surface area contributed by atoms with Gasteiger partial charge in [-0.05, 0) is 68.9 Å². The summed E-state index contributed by atoms with van der Waals surface area (Å²) in [6.45, 7) is 9.57.